The van der Waals surface area contributed by atoms with Crippen molar-refractivity contribution in [1.82, 2.24) is 16.0 Å². The Morgan fingerprint density at radius 2 is 1.82 bits per heavy atom. The van der Waals surface area contributed by atoms with Crippen LogP contribution in [0.15, 0.2) is 29.3 Å². The lowest BCUT2D eigenvalue weighted by Gasteiger charge is -2.18. The van der Waals surface area contributed by atoms with Crippen LogP contribution in [0.3, 0.4) is 0 Å². The molecule has 5 heteroatoms. The van der Waals surface area contributed by atoms with Crippen molar-refractivity contribution in [2.24, 2.45) is 10.4 Å². The normalized spacial score (nSPS) is 12.0. The second kappa shape index (κ2) is 8.41. The third-order valence-electron chi connectivity index (χ3n) is 3.15. The molecular weight excluding hydrogens is 276 g/mol. The van der Waals surface area contributed by atoms with E-state index in [1.54, 1.807) is 7.05 Å². The topological polar surface area (TPSA) is 65.5 Å². The summed E-state index contributed by atoms with van der Waals surface area (Å²) in [6.07, 6.45) is 0. The van der Waals surface area contributed by atoms with E-state index in [-0.39, 0.29) is 11.3 Å². The number of hydrogen-bond acceptors (Lipinski definition) is 2. The van der Waals surface area contributed by atoms with Gasteiger partial charge in [0.25, 0.3) is 0 Å². The van der Waals surface area contributed by atoms with E-state index in [1.807, 2.05) is 26.8 Å². The number of carbonyl (C=O) groups is 1. The molecule has 0 radical (unpaired) electrons. The van der Waals surface area contributed by atoms with E-state index >= 15 is 0 Å². The highest BCUT2D eigenvalue weighted by Gasteiger charge is 2.20. The first-order valence-corrected chi connectivity index (χ1v) is 7.61. The highest BCUT2D eigenvalue weighted by atomic mass is 16.2. The summed E-state index contributed by atoms with van der Waals surface area (Å²) >= 11 is 0. The molecule has 0 aliphatic heterocycles. The minimum atomic E-state index is -0.356. The van der Waals surface area contributed by atoms with Gasteiger partial charge in [-0.05, 0) is 12.5 Å². The van der Waals surface area contributed by atoms with E-state index in [4.69, 9.17) is 0 Å². The molecule has 1 amide bonds. The van der Waals surface area contributed by atoms with Crippen molar-refractivity contribution in [3.05, 3.63) is 35.4 Å². The van der Waals surface area contributed by atoms with Crippen molar-refractivity contribution in [1.29, 1.82) is 0 Å². The molecule has 0 aliphatic carbocycles. The van der Waals surface area contributed by atoms with Crippen molar-refractivity contribution < 1.29 is 4.79 Å². The smallest absolute Gasteiger partial charge is 0.225 e. The highest BCUT2D eigenvalue weighted by Crippen LogP contribution is 2.11. The second-order valence-electron chi connectivity index (χ2n) is 6.35. The minimum absolute atomic E-state index is 0.0528. The lowest BCUT2D eigenvalue weighted by Crippen LogP contribution is -2.43. The fourth-order valence-corrected chi connectivity index (χ4v) is 1.85. The molecule has 0 aliphatic rings. The lowest BCUT2D eigenvalue weighted by atomic mass is 9.96. The highest BCUT2D eigenvalue weighted by molar-refractivity contribution is 5.81. The van der Waals surface area contributed by atoms with Crippen molar-refractivity contribution in [2.75, 3.05) is 20.1 Å². The quantitative estimate of drug-likeness (QED) is 0.442. The van der Waals surface area contributed by atoms with Crippen LogP contribution in [0.2, 0.25) is 0 Å². The fourth-order valence-electron chi connectivity index (χ4n) is 1.85. The van der Waals surface area contributed by atoms with Crippen LogP contribution in [-0.4, -0.2) is 32.0 Å². The number of aryl methyl sites for hydroxylation is 1. The van der Waals surface area contributed by atoms with Gasteiger partial charge in [0, 0.05) is 32.1 Å². The Morgan fingerprint density at radius 1 is 1.14 bits per heavy atom. The molecule has 22 heavy (non-hydrogen) atoms. The predicted molar refractivity (Wildman–Crippen MR) is 91.8 cm³/mol. The Balaban J connectivity index is 2.30. The van der Waals surface area contributed by atoms with Gasteiger partial charge in [0.05, 0.1) is 0 Å². The van der Waals surface area contributed by atoms with Crippen molar-refractivity contribution in [2.45, 2.75) is 34.2 Å². The van der Waals surface area contributed by atoms with E-state index in [0.717, 1.165) is 12.5 Å². The van der Waals surface area contributed by atoms with Gasteiger partial charge in [0.15, 0.2) is 5.96 Å². The van der Waals surface area contributed by atoms with Gasteiger partial charge in [-0.2, -0.15) is 0 Å². The first-order chi connectivity index (χ1) is 10.3. The van der Waals surface area contributed by atoms with Gasteiger partial charge in [-0.1, -0.05) is 50.6 Å². The van der Waals surface area contributed by atoms with Gasteiger partial charge >= 0.3 is 0 Å². The molecule has 3 N–H and O–H groups in total. The number of nitrogens with one attached hydrogen (secondary N) is 3. The van der Waals surface area contributed by atoms with Gasteiger partial charge < -0.3 is 16.0 Å². The summed E-state index contributed by atoms with van der Waals surface area (Å²) in [7, 11) is 1.74. The molecule has 1 aromatic rings. The molecule has 5 nitrogen and oxygen atoms in total. The summed E-state index contributed by atoms with van der Waals surface area (Å²) in [6, 6.07) is 8.35. The molecule has 122 valence electrons. The third kappa shape index (κ3) is 6.61. The predicted octanol–water partition coefficient (Wildman–Crippen LogP) is 1.82. The summed E-state index contributed by atoms with van der Waals surface area (Å²) in [5, 5.41) is 9.34. The monoisotopic (exact) mass is 304 g/mol. The molecule has 0 saturated carbocycles. The number of hydrogen-bond donors (Lipinski definition) is 3. The van der Waals surface area contributed by atoms with E-state index in [2.05, 4.69) is 46.1 Å². The number of nitrogens with zero attached hydrogens (tertiary/aromatic N) is 1. The van der Waals surface area contributed by atoms with Gasteiger partial charge in [0.1, 0.15) is 0 Å². The zero-order chi connectivity index (χ0) is 16.6. The maximum Gasteiger partial charge on any atom is 0.225 e. The standard InChI is InChI=1S/C17H28N4O/c1-13-7-6-8-14(11-13)12-21-16(18-5)20-10-9-19-15(22)17(2,3)4/h6-8,11H,9-10,12H2,1-5H3,(H,19,22)(H2,18,20,21). The number of amides is 1. The molecule has 1 aromatic carbocycles. The van der Waals surface area contributed by atoms with Crippen LogP contribution >= 0.6 is 0 Å². The molecule has 0 heterocycles. The average molecular weight is 304 g/mol. The van der Waals surface area contributed by atoms with E-state index in [0.29, 0.717) is 13.1 Å². The maximum atomic E-state index is 11.7. The van der Waals surface area contributed by atoms with Crippen LogP contribution in [0.4, 0.5) is 0 Å². The molecule has 0 bridgehead atoms. The summed E-state index contributed by atoms with van der Waals surface area (Å²) < 4.78 is 0. The van der Waals surface area contributed by atoms with Crippen LogP contribution in [0.5, 0.6) is 0 Å². The largest absolute Gasteiger partial charge is 0.355 e. The minimum Gasteiger partial charge on any atom is -0.355 e. The third-order valence-corrected chi connectivity index (χ3v) is 3.15. The SMILES string of the molecule is CN=C(NCCNC(=O)C(C)(C)C)NCc1cccc(C)c1. The van der Waals surface area contributed by atoms with Crippen molar-refractivity contribution in [3.63, 3.8) is 0 Å². The number of guanidine groups is 1. The number of aliphatic imine (C=N–C) groups is 1. The Kier molecular flexibility index (Phi) is 6.89. The van der Waals surface area contributed by atoms with E-state index < -0.39 is 0 Å². The Hall–Kier alpha value is -2.04. The lowest BCUT2D eigenvalue weighted by molar-refractivity contribution is -0.128. The molecule has 0 atom stereocenters. The molecular formula is C17H28N4O. The molecule has 0 saturated heterocycles. The fraction of sp³-hybridized carbons (Fsp3) is 0.529. The van der Waals surface area contributed by atoms with Crippen LogP contribution < -0.4 is 16.0 Å². The molecule has 0 aromatic heterocycles. The molecule has 0 unspecified atom stereocenters. The summed E-state index contributed by atoms with van der Waals surface area (Å²) in [4.78, 5) is 15.9. The van der Waals surface area contributed by atoms with Crippen molar-refractivity contribution >= 4 is 11.9 Å². The van der Waals surface area contributed by atoms with Crippen LogP contribution in [0.25, 0.3) is 0 Å². The molecule has 0 fully saturated rings. The van der Waals surface area contributed by atoms with Crippen LogP contribution in [0, 0.1) is 12.3 Å². The number of benzene rings is 1. The number of rotatable bonds is 5. The average Bonchev–Trinajstić information content (AvgIpc) is 2.45. The molecule has 1 rings (SSSR count). The first kappa shape index (κ1) is 18.0. The van der Waals surface area contributed by atoms with Crippen molar-refractivity contribution in [3.8, 4) is 0 Å². The Morgan fingerprint density at radius 3 is 2.41 bits per heavy atom. The summed E-state index contributed by atoms with van der Waals surface area (Å²) in [5.41, 5.74) is 2.10. The van der Waals surface area contributed by atoms with Gasteiger partial charge in [0.2, 0.25) is 5.91 Å². The second-order valence-corrected chi connectivity index (χ2v) is 6.35. The Labute approximate surface area is 133 Å². The Bertz CT molecular complexity index is 518. The van der Waals surface area contributed by atoms with E-state index in [9.17, 15) is 4.79 Å². The zero-order valence-electron chi connectivity index (χ0n) is 14.3. The maximum absolute atomic E-state index is 11.7. The van der Waals surface area contributed by atoms with Gasteiger partial charge in [-0.25, -0.2) is 0 Å². The number of carbonyl (C=O) groups excluding carboxylic acids is 1. The molecule has 0 spiro atoms. The summed E-state index contributed by atoms with van der Waals surface area (Å²) in [6.45, 7) is 9.70. The van der Waals surface area contributed by atoms with Crippen LogP contribution in [0.1, 0.15) is 31.9 Å². The summed E-state index contributed by atoms with van der Waals surface area (Å²) in [5.74, 6) is 0.781. The van der Waals surface area contributed by atoms with Gasteiger partial charge in [-0.3, -0.25) is 9.79 Å². The van der Waals surface area contributed by atoms with E-state index in [1.165, 1.54) is 11.1 Å². The zero-order valence-corrected chi connectivity index (χ0v) is 14.3. The first-order valence-electron chi connectivity index (χ1n) is 7.61. The van der Waals surface area contributed by atoms with Crippen LogP contribution in [-0.2, 0) is 11.3 Å². The van der Waals surface area contributed by atoms with Gasteiger partial charge in [-0.15, -0.1) is 0 Å².